The lowest BCUT2D eigenvalue weighted by Gasteiger charge is -2.12. The van der Waals surface area contributed by atoms with Gasteiger partial charge < -0.3 is 10.2 Å². The van der Waals surface area contributed by atoms with Crippen molar-refractivity contribution in [2.75, 3.05) is 26.0 Å². The molecule has 0 saturated carbocycles. The van der Waals surface area contributed by atoms with Crippen LogP contribution in [-0.4, -0.2) is 35.5 Å². The summed E-state index contributed by atoms with van der Waals surface area (Å²) in [7, 11) is 1.86. The van der Waals surface area contributed by atoms with Crippen molar-refractivity contribution in [3.63, 3.8) is 0 Å². The minimum Gasteiger partial charge on any atom is -0.378 e. The topological polar surface area (TPSA) is 78.5 Å². The number of carbonyl (C=O) groups excluding carboxylic acids is 1. The minimum absolute atomic E-state index is 0.183. The Bertz CT molecular complexity index is 871. The molecule has 0 spiro atoms. The summed E-state index contributed by atoms with van der Waals surface area (Å²) in [5, 5.41) is 2.82. The number of hydrogen-bond donors (Lipinski definition) is 2. The predicted molar refractivity (Wildman–Crippen MR) is 104 cm³/mol. The minimum atomic E-state index is -3.45. The molecule has 26 heavy (non-hydrogen) atoms. The van der Waals surface area contributed by atoms with Gasteiger partial charge in [0.25, 0.3) is 0 Å². The van der Waals surface area contributed by atoms with E-state index >= 15 is 0 Å². The second-order valence-corrected chi connectivity index (χ2v) is 7.78. The highest BCUT2D eigenvalue weighted by Gasteiger charge is 2.09. The van der Waals surface area contributed by atoms with Gasteiger partial charge in [-0.15, -0.1) is 0 Å². The van der Waals surface area contributed by atoms with Crippen LogP contribution in [0.25, 0.3) is 6.08 Å². The maximum atomic E-state index is 11.9. The molecule has 0 atom stereocenters. The van der Waals surface area contributed by atoms with Crippen molar-refractivity contribution < 1.29 is 13.2 Å². The number of anilines is 1. The van der Waals surface area contributed by atoms with E-state index in [4.69, 9.17) is 0 Å². The fraction of sp³-hybridized carbons (Fsp3) is 0.211. The molecule has 0 aliphatic rings. The first-order valence-electron chi connectivity index (χ1n) is 8.07. The van der Waals surface area contributed by atoms with Crippen LogP contribution in [-0.2, 0) is 21.4 Å². The number of sulfonamides is 1. The van der Waals surface area contributed by atoms with Crippen molar-refractivity contribution in [1.82, 2.24) is 10.0 Å². The largest absolute Gasteiger partial charge is 0.378 e. The van der Waals surface area contributed by atoms with Gasteiger partial charge in [0.05, 0.1) is 4.90 Å². The highest BCUT2D eigenvalue weighted by molar-refractivity contribution is 7.89. The van der Waals surface area contributed by atoms with Crippen LogP contribution in [0.3, 0.4) is 0 Å². The van der Waals surface area contributed by atoms with Crippen LogP contribution < -0.4 is 14.9 Å². The Labute approximate surface area is 154 Å². The molecule has 0 radical (unpaired) electrons. The smallest absolute Gasteiger partial charge is 0.244 e. The number of rotatable bonds is 7. The molecule has 0 unspecified atom stereocenters. The van der Waals surface area contributed by atoms with E-state index in [9.17, 15) is 13.2 Å². The maximum Gasteiger partial charge on any atom is 0.244 e. The summed E-state index contributed by atoms with van der Waals surface area (Å²) in [4.78, 5) is 14.1. The Morgan fingerprint density at radius 1 is 1.04 bits per heavy atom. The first kappa shape index (κ1) is 19.7. The molecule has 2 aromatic carbocycles. The highest BCUT2D eigenvalue weighted by Crippen LogP contribution is 2.12. The summed E-state index contributed by atoms with van der Waals surface area (Å²) >= 11 is 0. The van der Waals surface area contributed by atoms with E-state index in [2.05, 4.69) is 10.0 Å². The van der Waals surface area contributed by atoms with Gasteiger partial charge in [-0.25, -0.2) is 13.1 Å². The molecular weight excluding hydrogens is 350 g/mol. The third-order valence-corrected chi connectivity index (χ3v) is 5.24. The molecule has 0 heterocycles. The van der Waals surface area contributed by atoms with Crippen molar-refractivity contribution in [2.45, 2.75) is 11.4 Å². The average Bonchev–Trinajstić information content (AvgIpc) is 2.65. The molecule has 0 aliphatic carbocycles. The molecule has 7 heteroatoms. The second-order valence-electron chi connectivity index (χ2n) is 5.89. The number of benzene rings is 2. The molecule has 0 aliphatic heterocycles. The van der Waals surface area contributed by atoms with E-state index in [1.165, 1.54) is 25.3 Å². The summed E-state index contributed by atoms with van der Waals surface area (Å²) in [6.07, 6.45) is 3.07. The zero-order chi connectivity index (χ0) is 19.2. The third kappa shape index (κ3) is 5.44. The van der Waals surface area contributed by atoms with Gasteiger partial charge in [0.1, 0.15) is 0 Å². The predicted octanol–water partition coefficient (Wildman–Crippen LogP) is 1.99. The van der Waals surface area contributed by atoms with Crippen molar-refractivity contribution >= 4 is 27.7 Å². The quantitative estimate of drug-likeness (QED) is 0.728. The summed E-state index contributed by atoms with van der Waals surface area (Å²) in [5.41, 5.74) is 2.85. The van der Waals surface area contributed by atoms with Gasteiger partial charge in [-0.05, 0) is 48.5 Å². The fourth-order valence-corrected chi connectivity index (χ4v) is 2.94. The molecule has 2 N–H and O–H groups in total. The number of hydrogen-bond acceptors (Lipinski definition) is 4. The van der Waals surface area contributed by atoms with Gasteiger partial charge >= 0.3 is 0 Å². The Balaban J connectivity index is 1.91. The number of nitrogens with one attached hydrogen (secondary N) is 2. The molecule has 0 saturated heterocycles. The zero-order valence-electron chi connectivity index (χ0n) is 15.1. The molecule has 1 amide bonds. The van der Waals surface area contributed by atoms with E-state index in [-0.39, 0.29) is 10.8 Å². The molecule has 2 aromatic rings. The SMILES string of the molecule is CNS(=O)(=O)c1ccc(/C=C/C(=O)NCc2ccc(N(C)C)cc2)cc1. The van der Waals surface area contributed by atoms with E-state index in [0.29, 0.717) is 6.54 Å². The zero-order valence-corrected chi connectivity index (χ0v) is 15.9. The Hall–Kier alpha value is -2.64. The molecular formula is C19H23N3O3S. The molecule has 2 rings (SSSR count). The van der Waals surface area contributed by atoms with Crippen LogP contribution in [0.2, 0.25) is 0 Å². The Morgan fingerprint density at radius 2 is 1.65 bits per heavy atom. The summed E-state index contributed by atoms with van der Waals surface area (Å²) in [6.45, 7) is 0.441. The third-order valence-electron chi connectivity index (χ3n) is 3.81. The lowest BCUT2D eigenvalue weighted by atomic mass is 10.2. The van der Waals surface area contributed by atoms with Crippen LogP contribution in [0.5, 0.6) is 0 Å². The van der Waals surface area contributed by atoms with Crippen LogP contribution in [0, 0.1) is 0 Å². The van der Waals surface area contributed by atoms with E-state index in [1.807, 2.05) is 43.3 Å². The van der Waals surface area contributed by atoms with Crippen molar-refractivity contribution in [2.24, 2.45) is 0 Å². The lowest BCUT2D eigenvalue weighted by molar-refractivity contribution is -0.116. The molecule has 0 bridgehead atoms. The van der Waals surface area contributed by atoms with Gasteiger partial charge in [-0.2, -0.15) is 0 Å². The number of nitrogens with zero attached hydrogens (tertiary/aromatic N) is 1. The molecule has 138 valence electrons. The Morgan fingerprint density at radius 3 is 2.19 bits per heavy atom. The monoisotopic (exact) mass is 373 g/mol. The van der Waals surface area contributed by atoms with Crippen LogP contribution in [0.4, 0.5) is 5.69 Å². The lowest BCUT2D eigenvalue weighted by Crippen LogP contribution is -2.20. The summed E-state index contributed by atoms with van der Waals surface area (Å²) in [6, 6.07) is 14.2. The van der Waals surface area contributed by atoms with Crippen molar-refractivity contribution in [3.8, 4) is 0 Å². The van der Waals surface area contributed by atoms with Crippen LogP contribution >= 0.6 is 0 Å². The average molecular weight is 373 g/mol. The van der Waals surface area contributed by atoms with Crippen molar-refractivity contribution in [3.05, 3.63) is 65.7 Å². The van der Waals surface area contributed by atoms with Gasteiger partial charge in [0.2, 0.25) is 15.9 Å². The van der Waals surface area contributed by atoms with Crippen LogP contribution in [0.1, 0.15) is 11.1 Å². The van der Waals surface area contributed by atoms with Gasteiger partial charge in [-0.3, -0.25) is 4.79 Å². The van der Waals surface area contributed by atoms with E-state index in [1.54, 1.807) is 18.2 Å². The van der Waals surface area contributed by atoms with Crippen LogP contribution in [0.15, 0.2) is 59.5 Å². The van der Waals surface area contributed by atoms with E-state index in [0.717, 1.165) is 16.8 Å². The molecule has 0 fully saturated rings. The first-order chi connectivity index (χ1) is 12.3. The van der Waals surface area contributed by atoms with Crippen molar-refractivity contribution in [1.29, 1.82) is 0 Å². The van der Waals surface area contributed by atoms with Gasteiger partial charge in [-0.1, -0.05) is 24.3 Å². The van der Waals surface area contributed by atoms with Gasteiger partial charge in [0.15, 0.2) is 0 Å². The second kappa shape index (κ2) is 8.64. The van der Waals surface area contributed by atoms with E-state index < -0.39 is 10.0 Å². The molecule has 0 aromatic heterocycles. The summed E-state index contributed by atoms with van der Waals surface area (Å²) in [5.74, 6) is -0.214. The normalized spacial score (nSPS) is 11.5. The summed E-state index contributed by atoms with van der Waals surface area (Å²) < 4.78 is 25.6. The standard InChI is InChI=1S/C19H23N3O3S/c1-20-26(24,25)18-11-6-15(7-12-18)8-13-19(23)21-14-16-4-9-17(10-5-16)22(2)3/h4-13,20H,14H2,1-3H3,(H,21,23)/b13-8+. The first-order valence-corrected chi connectivity index (χ1v) is 9.56. The highest BCUT2D eigenvalue weighted by atomic mass is 32.2. The fourth-order valence-electron chi connectivity index (χ4n) is 2.21. The Kier molecular flexibility index (Phi) is 6.54. The molecule has 6 nitrogen and oxygen atoms in total. The number of amides is 1. The maximum absolute atomic E-state index is 11.9. The number of carbonyl (C=O) groups is 1. The van der Waals surface area contributed by atoms with Gasteiger partial charge in [0, 0.05) is 32.4 Å².